The molecule has 0 atom stereocenters. The number of benzene rings is 1. The Bertz CT molecular complexity index is 818. The minimum absolute atomic E-state index is 0.0799. The first kappa shape index (κ1) is 20.5. The highest BCUT2D eigenvalue weighted by molar-refractivity contribution is 7.09. The SMILES string of the molecule is CCC(=O)NCCc1csc(C2CCN(C(=O)c3cc(C)cc(C)c3)CC2)n1. The van der Waals surface area contributed by atoms with Gasteiger partial charge in [0.15, 0.2) is 0 Å². The van der Waals surface area contributed by atoms with E-state index in [9.17, 15) is 9.59 Å². The van der Waals surface area contributed by atoms with Crippen LogP contribution in [0, 0.1) is 13.8 Å². The lowest BCUT2D eigenvalue weighted by Gasteiger charge is -2.31. The fraction of sp³-hybridized carbons (Fsp3) is 0.500. The molecule has 1 aliphatic rings. The van der Waals surface area contributed by atoms with E-state index < -0.39 is 0 Å². The van der Waals surface area contributed by atoms with Gasteiger partial charge in [0.25, 0.3) is 5.91 Å². The highest BCUT2D eigenvalue weighted by Gasteiger charge is 2.26. The van der Waals surface area contributed by atoms with Gasteiger partial charge < -0.3 is 10.2 Å². The molecule has 0 saturated carbocycles. The molecule has 1 aliphatic heterocycles. The molecule has 1 fully saturated rings. The fourth-order valence-corrected chi connectivity index (χ4v) is 4.72. The van der Waals surface area contributed by atoms with Crippen molar-refractivity contribution in [1.82, 2.24) is 15.2 Å². The Morgan fingerprint density at radius 3 is 2.50 bits per heavy atom. The number of thiazole rings is 1. The minimum Gasteiger partial charge on any atom is -0.356 e. The summed E-state index contributed by atoms with van der Waals surface area (Å²) in [5.41, 5.74) is 4.10. The molecule has 5 nitrogen and oxygen atoms in total. The van der Waals surface area contributed by atoms with Gasteiger partial charge in [-0.05, 0) is 38.8 Å². The van der Waals surface area contributed by atoms with E-state index in [4.69, 9.17) is 4.98 Å². The van der Waals surface area contributed by atoms with Crippen LogP contribution in [0.2, 0.25) is 0 Å². The van der Waals surface area contributed by atoms with E-state index in [-0.39, 0.29) is 11.8 Å². The van der Waals surface area contributed by atoms with E-state index in [1.165, 1.54) is 0 Å². The highest BCUT2D eigenvalue weighted by atomic mass is 32.1. The van der Waals surface area contributed by atoms with Gasteiger partial charge in [-0.15, -0.1) is 11.3 Å². The lowest BCUT2D eigenvalue weighted by molar-refractivity contribution is -0.120. The molecule has 2 amide bonds. The summed E-state index contributed by atoms with van der Waals surface area (Å²) in [4.78, 5) is 30.9. The number of aryl methyl sites for hydroxylation is 2. The van der Waals surface area contributed by atoms with Gasteiger partial charge in [0.05, 0.1) is 10.7 Å². The van der Waals surface area contributed by atoms with Gasteiger partial charge in [0.1, 0.15) is 0 Å². The number of amides is 2. The molecule has 2 aromatic rings. The Morgan fingerprint density at radius 2 is 1.86 bits per heavy atom. The standard InChI is InChI=1S/C22H29N3O2S/c1-4-20(26)23-8-5-19-14-28-21(24-19)17-6-9-25(10-7-17)22(27)18-12-15(2)11-16(3)13-18/h11-14,17H,4-10H2,1-3H3,(H,23,26). The summed E-state index contributed by atoms with van der Waals surface area (Å²) < 4.78 is 0. The molecular weight excluding hydrogens is 370 g/mol. The summed E-state index contributed by atoms with van der Waals surface area (Å²) in [6.07, 6.45) is 3.19. The maximum Gasteiger partial charge on any atom is 0.253 e. The van der Waals surface area contributed by atoms with Crippen LogP contribution in [0.3, 0.4) is 0 Å². The van der Waals surface area contributed by atoms with Crippen molar-refractivity contribution in [1.29, 1.82) is 0 Å². The summed E-state index contributed by atoms with van der Waals surface area (Å²) in [5, 5.41) is 6.15. The maximum atomic E-state index is 12.8. The zero-order chi connectivity index (χ0) is 20.1. The Balaban J connectivity index is 1.52. The maximum absolute atomic E-state index is 12.8. The molecule has 3 rings (SSSR count). The lowest BCUT2D eigenvalue weighted by atomic mass is 9.96. The monoisotopic (exact) mass is 399 g/mol. The molecule has 6 heteroatoms. The first-order valence-corrected chi connectivity index (χ1v) is 10.9. The summed E-state index contributed by atoms with van der Waals surface area (Å²) in [6.45, 7) is 8.11. The average Bonchev–Trinajstić information content (AvgIpc) is 3.15. The van der Waals surface area contributed by atoms with Crippen molar-refractivity contribution in [2.24, 2.45) is 0 Å². The molecule has 1 N–H and O–H groups in total. The van der Waals surface area contributed by atoms with Gasteiger partial charge in [-0.2, -0.15) is 0 Å². The summed E-state index contributed by atoms with van der Waals surface area (Å²) >= 11 is 1.70. The van der Waals surface area contributed by atoms with Crippen molar-refractivity contribution in [2.75, 3.05) is 19.6 Å². The minimum atomic E-state index is 0.0799. The first-order chi connectivity index (χ1) is 13.5. The van der Waals surface area contributed by atoms with E-state index >= 15 is 0 Å². The largest absolute Gasteiger partial charge is 0.356 e. The lowest BCUT2D eigenvalue weighted by Crippen LogP contribution is -2.38. The first-order valence-electron chi connectivity index (χ1n) is 10.0. The van der Waals surface area contributed by atoms with Crippen LogP contribution in [0.1, 0.15) is 64.3 Å². The second-order valence-corrected chi connectivity index (χ2v) is 8.46. The molecule has 1 aromatic carbocycles. The molecule has 2 heterocycles. The second-order valence-electron chi connectivity index (χ2n) is 7.57. The zero-order valence-corrected chi connectivity index (χ0v) is 17.8. The van der Waals surface area contributed by atoms with Crippen molar-refractivity contribution in [3.8, 4) is 0 Å². The van der Waals surface area contributed by atoms with Crippen molar-refractivity contribution in [2.45, 2.75) is 52.4 Å². The van der Waals surface area contributed by atoms with Crippen LogP contribution in [0.4, 0.5) is 0 Å². The molecule has 0 radical (unpaired) electrons. The van der Waals surface area contributed by atoms with Crippen molar-refractivity contribution >= 4 is 23.2 Å². The van der Waals surface area contributed by atoms with Crippen LogP contribution in [-0.4, -0.2) is 41.3 Å². The smallest absolute Gasteiger partial charge is 0.253 e. The molecule has 0 spiro atoms. The van der Waals surface area contributed by atoms with Crippen molar-refractivity contribution in [3.63, 3.8) is 0 Å². The summed E-state index contributed by atoms with van der Waals surface area (Å²) in [7, 11) is 0. The molecule has 0 bridgehead atoms. The van der Waals surface area contributed by atoms with E-state index in [0.717, 1.165) is 59.7 Å². The van der Waals surface area contributed by atoms with Crippen molar-refractivity contribution < 1.29 is 9.59 Å². The molecular formula is C22H29N3O2S. The van der Waals surface area contributed by atoms with Gasteiger partial charge in [-0.1, -0.05) is 24.1 Å². The number of aromatic nitrogens is 1. The van der Waals surface area contributed by atoms with Crippen LogP contribution < -0.4 is 5.32 Å². The third kappa shape index (κ3) is 5.19. The molecule has 1 aromatic heterocycles. The quantitative estimate of drug-likeness (QED) is 0.803. The van der Waals surface area contributed by atoms with Crippen molar-refractivity contribution in [3.05, 3.63) is 51.0 Å². The van der Waals surface area contributed by atoms with E-state index in [0.29, 0.717) is 18.9 Å². The van der Waals surface area contributed by atoms with Crippen LogP contribution in [-0.2, 0) is 11.2 Å². The van der Waals surface area contributed by atoms with Crippen LogP contribution in [0.5, 0.6) is 0 Å². The number of likely N-dealkylation sites (tertiary alicyclic amines) is 1. The third-order valence-electron chi connectivity index (χ3n) is 5.19. The predicted octanol–water partition coefficient (Wildman–Crippen LogP) is 3.85. The number of nitrogens with zero attached hydrogens (tertiary/aromatic N) is 2. The van der Waals surface area contributed by atoms with E-state index in [2.05, 4.69) is 16.8 Å². The van der Waals surface area contributed by atoms with Gasteiger partial charge in [0, 0.05) is 49.3 Å². The zero-order valence-electron chi connectivity index (χ0n) is 17.0. The molecule has 0 aliphatic carbocycles. The van der Waals surface area contributed by atoms with Gasteiger partial charge >= 0.3 is 0 Å². The number of hydrogen-bond donors (Lipinski definition) is 1. The number of carbonyl (C=O) groups is 2. The van der Waals surface area contributed by atoms with Crippen LogP contribution >= 0.6 is 11.3 Å². The molecule has 0 unspecified atom stereocenters. The van der Waals surface area contributed by atoms with E-state index in [1.807, 2.05) is 37.8 Å². The molecule has 150 valence electrons. The topological polar surface area (TPSA) is 62.3 Å². The molecule has 28 heavy (non-hydrogen) atoms. The summed E-state index contributed by atoms with van der Waals surface area (Å²) in [6, 6.07) is 6.05. The van der Waals surface area contributed by atoms with Gasteiger partial charge in [-0.3, -0.25) is 9.59 Å². The number of rotatable bonds is 6. The normalized spacial score (nSPS) is 14.9. The average molecular weight is 400 g/mol. The Hall–Kier alpha value is -2.21. The number of carbonyl (C=O) groups excluding carboxylic acids is 2. The third-order valence-corrected chi connectivity index (χ3v) is 6.25. The Morgan fingerprint density at radius 1 is 1.18 bits per heavy atom. The fourth-order valence-electron chi connectivity index (χ4n) is 3.69. The predicted molar refractivity (Wildman–Crippen MR) is 113 cm³/mol. The number of piperidine rings is 1. The second kappa shape index (κ2) is 9.32. The Labute approximate surface area is 171 Å². The Kier molecular flexibility index (Phi) is 6.83. The highest BCUT2D eigenvalue weighted by Crippen LogP contribution is 2.31. The number of nitrogens with one attached hydrogen (secondary N) is 1. The molecule has 1 saturated heterocycles. The number of hydrogen-bond acceptors (Lipinski definition) is 4. The van der Waals surface area contributed by atoms with Gasteiger partial charge in [-0.25, -0.2) is 4.98 Å². The van der Waals surface area contributed by atoms with Crippen LogP contribution in [0.15, 0.2) is 23.6 Å². The van der Waals surface area contributed by atoms with Gasteiger partial charge in [0.2, 0.25) is 5.91 Å². The van der Waals surface area contributed by atoms with E-state index in [1.54, 1.807) is 11.3 Å². The van der Waals surface area contributed by atoms with Crippen LogP contribution in [0.25, 0.3) is 0 Å². The summed E-state index contributed by atoms with van der Waals surface area (Å²) in [5.74, 6) is 0.639.